The van der Waals surface area contributed by atoms with Crippen LogP contribution in [0.15, 0.2) is 17.0 Å². The number of aliphatic carboxylic acids is 1. The van der Waals surface area contributed by atoms with Crippen molar-refractivity contribution in [1.82, 2.24) is 4.31 Å². The van der Waals surface area contributed by atoms with Crippen LogP contribution in [0.3, 0.4) is 0 Å². The van der Waals surface area contributed by atoms with Gasteiger partial charge in [0.25, 0.3) is 0 Å². The molecule has 1 aliphatic heterocycles. The number of aryl methyl sites for hydroxylation is 2. The lowest BCUT2D eigenvalue weighted by Gasteiger charge is -2.23. The second-order valence-corrected chi connectivity index (χ2v) is 7.03. The summed E-state index contributed by atoms with van der Waals surface area (Å²) >= 11 is 0. The molecule has 0 bridgehead atoms. The standard InChI is InChI=1S/C14H19NO5S/c1-9-7-11(20-3)8-10(2)13(9)21(18,19)15-6-4-5-12(15)14(16)17/h7-8,12H,4-6H2,1-3H3,(H,16,17)/t12-/m1/s1. The molecule has 0 amide bonds. The van der Waals surface area contributed by atoms with Crippen molar-refractivity contribution >= 4 is 16.0 Å². The number of ether oxygens (including phenoxy) is 1. The number of rotatable bonds is 4. The number of carbonyl (C=O) groups is 1. The average Bonchev–Trinajstić information content (AvgIpc) is 2.87. The summed E-state index contributed by atoms with van der Waals surface area (Å²) in [6, 6.07) is 2.31. The molecule has 1 heterocycles. The Labute approximate surface area is 124 Å². The second kappa shape index (κ2) is 5.65. The van der Waals surface area contributed by atoms with Crippen molar-refractivity contribution in [2.75, 3.05) is 13.7 Å². The number of methoxy groups -OCH3 is 1. The highest BCUT2D eigenvalue weighted by Gasteiger charge is 2.40. The molecule has 0 saturated carbocycles. The van der Waals surface area contributed by atoms with Gasteiger partial charge in [-0.1, -0.05) is 0 Å². The molecule has 1 aliphatic rings. The molecule has 2 rings (SSSR count). The highest BCUT2D eigenvalue weighted by atomic mass is 32.2. The van der Waals surface area contributed by atoms with Crippen LogP contribution in [-0.4, -0.2) is 43.5 Å². The summed E-state index contributed by atoms with van der Waals surface area (Å²) in [4.78, 5) is 11.4. The highest BCUT2D eigenvalue weighted by Crippen LogP contribution is 2.32. The fraction of sp³-hybridized carbons (Fsp3) is 0.500. The van der Waals surface area contributed by atoms with Crippen molar-refractivity contribution in [3.8, 4) is 5.75 Å². The van der Waals surface area contributed by atoms with Gasteiger partial charge in [0.1, 0.15) is 11.8 Å². The number of carboxylic acid groups (broad SMARTS) is 1. The van der Waals surface area contributed by atoms with Gasteiger partial charge in [-0.2, -0.15) is 4.31 Å². The van der Waals surface area contributed by atoms with E-state index in [-0.39, 0.29) is 11.4 Å². The fourth-order valence-electron chi connectivity index (χ4n) is 2.83. The van der Waals surface area contributed by atoms with E-state index >= 15 is 0 Å². The Balaban J connectivity index is 2.52. The lowest BCUT2D eigenvalue weighted by atomic mass is 10.1. The van der Waals surface area contributed by atoms with Crippen LogP contribution in [0, 0.1) is 13.8 Å². The number of hydrogen-bond acceptors (Lipinski definition) is 4. The van der Waals surface area contributed by atoms with Crippen LogP contribution in [0.25, 0.3) is 0 Å². The lowest BCUT2D eigenvalue weighted by molar-refractivity contribution is -0.140. The van der Waals surface area contributed by atoms with E-state index in [0.717, 1.165) is 4.31 Å². The third-order valence-corrected chi connectivity index (χ3v) is 5.94. The molecule has 1 N–H and O–H groups in total. The molecule has 1 fully saturated rings. The Morgan fingerprint density at radius 3 is 2.38 bits per heavy atom. The highest BCUT2D eigenvalue weighted by molar-refractivity contribution is 7.89. The van der Waals surface area contributed by atoms with Crippen LogP contribution in [0.4, 0.5) is 0 Å². The largest absolute Gasteiger partial charge is 0.497 e. The third kappa shape index (κ3) is 2.75. The zero-order chi connectivity index (χ0) is 15.8. The molecule has 116 valence electrons. The van der Waals surface area contributed by atoms with E-state index in [1.165, 1.54) is 7.11 Å². The summed E-state index contributed by atoms with van der Waals surface area (Å²) < 4.78 is 31.8. The smallest absolute Gasteiger partial charge is 0.322 e. The van der Waals surface area contributed by atoms with Crippen LogP contribution in [-0.2, 0) is 14.8 Å². The topological polar surface area (TPSA) is 83.9 Å². The van der Waals surface area contributed by atoms with E-state index in [9.17, 15) is 18.3 Å². The van der Waals surface area contributed by atoms with Crippen molar-refractivity contribution in [3.05, 3.63) is 23.3 Å². The summed E-state index contributed by atoms with van der Waals surface area (Å²) in [6.45, 7) is 3.62. The van der Waals surface area contributed by atoms with Crippen molar-refractivity contribution in [1.29, 1.82) is 0 Å². The number of benzene rings is 1. The maximum Gasteiger partial charge on any atom is 0.322 e. The molecule has 0 aliphatic carbocycles. The summed E-state index contributed by atoms with van der Waals surface area (Å²) in [5, 5.41) is 9.19. The minimum atomic E-state index is -3.82. The van der Waals surface area contributed by atoms with Crippen molar-refractivity contribution in [2.24, 2.45) is 0 Å². The van der Waals surface area contributed by atoms with Gasteiger partial charge in [-0.15, -0.1) is 0 Å². The molecule has 0 radical (unpaired) electrons. The lowest BCUT2D eigenvalue weighted by Crippen LogP contribution is -2.40. The zero-order valence-electron chi connectivity index (χ0n) is 12.3. The summed E-state index contributed by atoms with van der Waals surface area (Å²) in [7, 11) is -2.31. The van der Waals surface area contributed by atoms with Crippen molar-refractivity contribution in [3.63, 3.8) is 0 Å². The first-order valence-electron chi connectivity index (χ1n) is 6.69. The number of carboxylic acids is 1. The Kier molecular flexibility index (Phi) is 4.25. The quantitative estimate of drug-likeness (QED) is 0.911. The zero-order valence-corrected chi connectivity index (χ0v) is 13.1. The molecule has 0 spiro atoms. The maximum atomic E-state index is 12.8. The fourth-order valence-corrected chi connectivity index (χ4v) is 4.89. The second-order valence-electron chi connectivity index (χ2n) is 5.20. The first-order chi connectivity index (χ1) is 9.78. The van der Waals surface area contributed by atoms with Gasteiger partial charge in [0.05, 0.1) is 12.0 Å². The van der Waals surface area contributed by atoms with Gasteiger partial charge in [0.15, 0.2) is 0 Å². The maximum absolute atomic E-state index is 12.8. The molecule has 0 unspecified atom stereocenters. The Bertz CT molecular complexity index is 645. The molecule has 1 saturated heterocycles. The SMILES string of the molecule is COc1cc(C)c(S(=O)(=O)N2CCC[C@@H]2C(=O)O)c(C)c1. The van der Waals surface area contributed by atoms with Crippen LogP contribution < -0.4 is 4.74 Å². The molecule has 7 heteroatoms. The Hall–Kier alpha value is -1.60. The van der Waals surface area contributed by atoms with Crippen LogP contribution in [0.2, 0.25) is 0 Å². The molecule has 1 atom stereocenters. The van der Waals surface area contributed by atoms with E-state index < -0.39 is 22.0 Å². The van der Waals surface area contributed by atoms with Gasteiger partial charge in [0.2, 0.25) is 10.0 Å². The Morgan fingerprint density at radius 1 is 1.33 bits per heavy atom. The molecule has 0 aromatic heterocycles. The predicted molar refractivity (Wildman–Crippen MR) is 77.0 cm³/mol. The van der Waals surface area contributed by atoms with Gasteiger partial charge in [-0.25, -0.2) is 8.42 Å². The monoisotopic (exact) mass is 313 g/mol. The van der Waals surface area contributed by atoms with Gasteiger partial charge in [-0.3, -0.25) is 4.79 Å². The van der Waals surface area contributed by atoms with E-state index in [2.05, 4.69) is 0 Å². The summed E-state index contributed by atoms with van der Waals surface area (Å²) in [5.41, 5.74) is 1.12. The van der Waals surface area contributed by atoms with Crippen LogP contribution in [0.5, 0.6) is 5.75 Å². The van der Waals surface area contributed by atoms with Crippen LogP contribution in [0.1, 0.15) is 24.0 Å². The van der Waals surface area contributed by atoms with E-state index in [0.29, 0.717) is 29.7 Å². The van der Waals surface area contributed by atoms with Gasteiger partial charge in [-0.05, 0) is 49.9 Å². The summed E-state index contributed by atoms with van der Waals surface area (Å²) in [6.07, 6.45) is 0.910. The number of hydrogen-bond donors (Lipinski definition) is 1. The van der Waals surface area contributed by atoms with Gasteiger partial charge < -0.3 is 9.84 Å². The predicted octanol–water partition coefficient (Wildman–Crippen LogP) is 1.55. The van der Waals surface area contributed by atoms with E-state index in [1.54, 1.807) is 26.0 Å². The van der Waals surface area contributed by atoms with E-state index in [4.69, 9.17) is 4.74 Å². The van der Waals surface area contributed by atoms with Gasteiger partial charge in [0, 0.05) is 6.54 Å². The minimum Gasteiger partial charge on any atom is -0.497 e. The number of nitrogens with zero attached hydrogens (tertiary/aromatic N) is 1. The molecule has 1 aromatic carbocycles. The van der Waals surface area contributed by atoms with Crippen molar-refractivity contribution in [2.45, 2.75) is 37.6 Å². The summed E-state index contributed by atoms with van der Waals surface area (Å²) in [5.74, 6) is -0.514. The molecular formula is C14H19NO5S. The molecule has 6 nitrogen and oxygen atoms in total. The number of sulfonamides is 1. The molecule has 1 aromatic rings. The first kappa shape index (κ1) is 15.8. The molecule has 21 heavy (non-hydrogen) atoms. The van der Waals surface area contributed by atoms with Crippen LogP contribution >= 0.6 is 0 Å². The molecular weight excluding hydrogens is 294 g/mol. The van der Waals surface area contributed by atoms with Gasteiger partial charge >= 0.3 is 5.97 Å². The Morgan fingerprint density at radius 2 is 1.90 bits per heavy atom. The van der Waals surface area contributed by atoms with Crippen molar-refractivity contribution < 1.29 is 23.1 Å². The first-order valence-corrected chi connectivity index (χ1v) is 8.13. The average molecular weight is 313 g/mol. The minimum absolute atomic E-state index is 0.177. The van der Waals surface area contributed by atoms with E-state index in [1.807, 2.05) is 0 Å². The third-order valence-electron chi connectivity index (χ3n) is 3.72. The normalized spacial score (nSPS) is 19.7.